The highest BCUT2D eigenvalue weighted by molar-refractivity contribution is 5.81. The zero-order chi connectivity index (χ0) is 20.4. The number of aryl methyl sites for hydroxylation is 1. The molecule has 5 heteroatoms. The van der Waals surface area contributed by atoms with Gasteiger partial charge in [-0.1, -0.05) is 66.7 Å². The molecular weight excluding hydrogens is 373 g/mol. The van der Waals surface area contributed by atoms with E-state index in [9.17, 15) is 13.2 Å². The third-order valence-electron chi connectivity index (χ3n) is 5.07. The molecule has 0 radical (unpaired) electrons. The molecule has 0 aliphatic heterocycles. The molecule has 0 bridgehead atoms. The van der Waals surface area contributed by atoms with Crippen LogP contribution in [0, 0.1) is 6.92 Å². The van der Waals surface area contributed by atoms with Gasteiger partial charge in [0.25, 0.3) is 0 Å². The summed E-state index contributed by atoms with van der Waals surface area (Å²) >= 11 is 0. The Bertz CT molecular complexity index is 1110. The molecule has 3 aromatic carbocycles. The molecule has 148 valence electrons. The molecule has 1 aromatic heterocycles. The zero-order valence-electron chi connectivity index (χ0n) is 15.9. The van der Waals surface area contributed by atoms with Crippen molar-refractivity contribution in [2.24, 2.45) is 0 Å². The second kappa shape index (κ2) is 7.76. The molecule has 0 fully saturated rings. The van der Waals surface area contributed by atoms with E-state index in [2.05, 4.69) is 28.1 Å². The van der Waals surface area contributed by atoms with E-state index in [0.717, 1.165) is 28.2 Å². The third kappa shape index (κ3) is 4.05. The van der Waals surface area contributed by atoms with Crippen LogP contribution in [0.15, 0.2) is 84.9 Å². The van der Waals surface area contributed by atoms with Crippen molar-refractivity contribution in [3.63, 3.8) is 0 Å². The first-order chi connectivity index (χ1) is 13.9. The number of rotatable bonds is 5. The lowest BCUT2D eigenvalue weighted by Crippen LogP contribution is -2.28. The number of alkyl halides is 3. The minimum atomic E-state index is -4.35. The average Bonchev–Trinajstić information content (AvgIpc) is 3.05. The van der Waals surface area contributed by atoms with Gasteiger partial charge in [0, 0.05) is 17.8 Å². The Balaban J connectivity index is 1.71. The average molecular weight is 394 g/mol. The minimum absolute atomic E-state index is 0.203. The predicted octanol–water partition coefficient (Wildman–Crippen LogP) is 6.31. The van der Waals surface area contributed by atoms with Crippen molar-refractivity contribution < 1.29 is 13.2 Å². The Morgan fingerprint density at radius 3 is 2.34 bits per heavy atom. The summed E-state index contributed by atoms with van der Waals surface area (Å²) in [5, 5.41) is 4.59. The second-order valence-corrected chi connectivity index (χ2v) is 7.11. The number of nitrogens with one attached hydrogen (secondary N) is 1. The molecule has 0 aliphatic rings. The maximum absolute atomic E-state index is 13.1. The van der Waals surface area contributed by atoms with E-state index in [4.69, 9.17) is 0 Å². The number of nitrogens with zero attached hydrogens (tertiary/aromatic N) is 1. The normalized spacial score (nSPS) is 13.0. The Morgan fingerprint density at radius 1 is 0.862 bits per heavy atom. The largest absolute Gasteiger partial charge is 0.416 e. The first kappa shape index (κ1) is 19.3. The lowest BCUT2D eigenvalue weighted by atomic mass is 10.1. The van der Waals surface area contributed by atoms with E-state index in [1.165, 1.54) is 12.1 Å². The van der Waals surface area contributed by atoms with Crippen LogP contribution in [0.3, 0.4) is 0 Å². The predicted molar refractivity (Wildman–Crippen MR) is 110 cm³/mol. The fourth-order valence-electron chi connectivity index (χ4n) is 3.72. The Hall–Kier alpha value is -3.05. The second-order valence-electron chi connectivity index (χ2n) is 7.11. The minimum Gasteiger partial charge on any atom is -0.325 e. The summed E-state index contributed by atoms with van der Waals surface area (Å²) in [5.74, 6) is 0. The lowest BCUT2D eigenvalue weighted by molar-refractivity contribution is -0.137. The highest BCUT2D eigenvalue weighted by atomic mass is 19.4. The first-order valence-electron chi connectivity index (χ1n) is 9.44. The molecule has 0 saturated carbocycles. The maximum Gasteiger partial charge on any atom is 0.416 e. The molecule has 0 spiro atoms. The molecule has 1 N–H and O–H groups in total. The number of hydrogen-bond acceptors (Lipinski definition) is 1. The molecule has 0 aliphatic carbocycles. The summed E-state index contributed by atoms with van der Waals surface area (Å²) in [6.07, 6.45) is -4.55. The SMILES string of the molecule is Cc1cc2ccccc2n1C(NCc1cccc(C(F)(F)F)c1)c1ccccc1. The van der Waals surface area contributed by atoms with Crippen molar-refractivity contribution >= 4 is 10.9 Å². The van der Waals surface area contributed by atoms with Crippen LogP contribution in [0.25, 0.3) is 10.9 Å². The van der Waals surface area contributed by atoms with Crippen LogP contribution in [-0.4, -0.2) is 4.57 Å². The van der Waals surface area contributed by atoms with E-state index >= 15 is 0 Å². The standard InChI is InChI=1S/C24H21F3N2/c1-17-14-20-11-5-6-13-22(20)29(17)23(19-9-3-2-4-10-19)28-16-18-8-7-12-21(15-18)24(25,26)27/h2-15,23,28H,16H2,1H3. The summed E-state index contributed by atoms with van der Waals surface area (Å²) in [6, 6.07) is 25.6. The van der Waals surface area contributed by atoms with Gasteiger partial charge in [0.15, 0.2) is 0 Å². The monoisotopic (exact) mass is 394 g/mol. The quantitative estimate of drug-likeness (QED) is 0.420. The molecule has 0 amide bonds. The van der Waals surface area contributed by atoms with E-state index < -0.39 is 11.7 Å². The van der Waals surface area contributed by atoms with Crippen molar-refractivity contribution in [3.05, 3.63) is 107 Å². The lowest BCUT2D eigenvalue weighted by Gasteiger charge is -2.24. The van der Waals surface area contributed by atoms with E-state index in [1.54, 1.807) is 6.07 Å². The smallest absolute Gasteiger partial charge is 0.325 e. The number of benzene rings is 3. The summed E-state index contributed by atoms with van der Waals surface area (Å²) in [4.78, 5) is 0. The van der Waals surface area contributed by atoms with Crippen molar-refractivity contribution in [1.29, 1.82) is 0 Å². The van der Waals surface area contributed by atoms with Crippen LogP contribution in [-0.2, 0) is 12.7 Å². The molecule has 4 aromatic rings. The molecule has 0 saturated heterocycles. The zero-order valence-corrected chi connectivity index (χ0v) is 15.9. The fourth-order valence-corrected chi connectivity index (χ4v) is 3.72. The highest BCUT2D eigenvalue weighted by Gasteiger charge is 2.30. The molecule has 1 heterocycles. The van der Waals surface area contributed by atoms with E-state index in [0.29, 0.717) is 12.1 Å². The Morgan fingerprint density at radius 2 is 1.59 bits per heavy atom. The Labute approximate surface area is 167 Å². The maximum atomic E-state index is 13.1. The van der Waals surface area contributed by atoms with E-state index in [-0.39, 0.29) is 6.17 Å². The summed E-state index contributed by atoms with van der Waals surface area (Å²) in [6.45, 7) is 2.36. The third-order valence-corrected chi connectivity index (χ3v) is 5.07. The van der Waals surface area contributed by atoms with Crippen molar-refractivity contribution in [2.75, 3.05) is 0 Å². The van der Waals surface area contributed by atoms with Crippen LogP contribution in [0.5, 0.6) is 0 Å². The van der Waals surface area contributed by atoms with Gasteiger partial charge >= 0.3 is 6.18 Å². The van der Waals surface area contributed by atoms with Gasteiger partial charge in [0.05, 0.1) is 5.56 Å². The van der Waals surface area contributed by atoms with Crippen molar-refractivity contribution in [2.45, 2.75) is 25.8 Å². The number of para-hydroxylation sites is 1. The van der Waals surface area contributed by atoms with Crippen LogP contribution in [0.4, 0.5) is 13.2 Å². The van der Waals surface area contributed by atoms with Gasteiger partial charge in [-0.05, 0) is 41.6 Å². The molecule has 29 heavy (non-hydrogen) atoms. The van der Waals surface area contributed by atoms with Gasteiger partial charge in [0.1, 0.15) is 6.17 Å². The Kier molecular flexibility index (Phi) is 5.16. The number of aromatic nitrogens is 1. The van der Waals surface area contributed by atoms with Crippen molar-refractivity contribution in [3.8, 4) is 0 Å². The van der Waals surface area contributed by atoms with Crippen LogP contribution >= 0.6 is 0 Å². The van der Waals surface area contributed by atoms with Crippen LogP contribution in [0.2, 0.25) is 0 Å². The van der Waals surface area contributed by atoms with Gasteiger partial charge < -0.3 is 4.57 Å². The molecule has 4 rings (SSSR count). The van der Waals surface area contributed by atoms with Gasteiger partial charge in [0.2, 0.25) is 0 Å². The summed E-state index contributed by atoms with van der Waals surface area (Å²) in [7, 11) is 0. The van der Waals surface area contributed by atoms with Crippen LogP contribution in [0.1, 0.15) is 28.6 Å². The molecule has 1 atom stereocenters. The highest BCUT2D eigenvalue weighted by Crippen LogP contribution is 2.30. The number of hydrogen-bond donors (Lipinski definition) is 1. The fraction of sp³-hybridized carbons (Fsp3) is 0.167. The number of halogens is 3. The summed E-state index contributed by atoms with van der Waals surface area (Å²) < 4.78 is 41.4. The van der Waals surface area contributed by atoms with Gasteiger partial charge in [-0.15, -0.1) is 0 Å². The van der Waals surface area contributed by atoms with Gasteiger partial charge in [-0.3, -0.25) is 5.32 Å². The van der Waals surface area contributed by atoms with Gasteiger partial charge in [-0.2, -0.15) is 13.2 Å². The topological polar surface area (TPSA) is 17.0 Å². The molecule has 1 unspecified atom stereocenters. The summed E-state index contributed by atoms with van der Waals surface area (Å²) in [5.41, 5.74) is 3.17. The first-order valence-corrected chi connectivity index (χ1v) is 9.44. The van der Waals surface area contributed by atoms with Gasteiger partial charge in [-0.25, -0.2) is 0 Å². The van der Waals surface area contributed by atoms with Crippen molar-refractivity contribution in [1.82, 2.24) is 9.88 Å². The molecule has 2 nitrogen and oxygen atoms in total. The number of fused-ring (bicyclic) bond motifs is 1. The molecular formula is C24H21F3N2. The van der Waals surface area contributed by atoms with E-state index in [1.807, 2.05) is 49.4 Å². The van der Waals surface area contributed by atoms with Crippen LogP contribution < -0.4 is 5.32 Å².